The highest BCUT2D eigenvalue weighted by molar-refractivity contribution is 5.78. The van der Waals surface area contributed by atoms with E-state index in [0.717, 1.165) is 36.0 Å². The van der Waals surface area contributed by atoms with E-state index in [2.05, 4.69) is 15.2 Å². The molecule has 0 unspecified atom stereocenters. The molecular formula is C22H20FN5O. The molecule has 29 heavy (non-hydrogen) atoms. The van der Waals surface area contributed by atoms with Gasteiger partial charge in [-0.3, -0.25) is 4.40 Å². The Bertz CT molecular complexity index is 1290. The Kier molecular flexibility index (Phi) is 3.39. The molecule has 0 saturated heterocycles. The maximum atomic E-state index is 14.9. The van der Waals surface area contributed by atoms with E-state index in [1.54, 1.807) is 16.5 Å². The molecule has 0 atom stereocenters. The van der Waals surface area contributed by atoms with Crippen LogP contribution in [0, 0.1) is 12.7 Å². The van der Waals surface area contributed by atoms with Crippen molar-refractivity contribution in [3.8, 4) is 11.4 Å². The molecule has 6 rings (SSSR count). The molecule has 4 aromatic rings. The number of aliphatic hydroxyl groups is 1. The van der Waals surface area contributed by atoms with Crippen LogP contribution in [0.25, 0.3) is 28.2 Å². The smallest absolute Gasteiger partial charge is 0.184 e. The van der Waals surface area contributed by atoms with Crippen molar-refractivity contribution in [2.45, 2.75) is 50.5 Å². The molecule has 6 nitrogen and oxygen atoms in total. The molecule has 146 valence electrons. The van der Waals surface area contributed by atoms with E-state index in [4.69, 9.17) is 4.98 Å². The summed E-state index contributed by atoms with van der Waals surface area (Å²) in [6.45, 7) is 1.87. The highest BCUT2D eigenvalue weighted by Crippen LogP contribution is 2.42. The van der Waals surface area contributed by atoms with E-state index in [-0.39, 0.29) is 0 Å². The predicted octanol–water partition coefficient (Wildman–Crippen LogP) is 4.04. The van der Waals surface area contributed by atoms with Gasteiger partial charge in [0.05, 0.1) is 16.9 Å². The zero-order valence-corrected chi connectivity index (χ0v) is 16.1. The summed E-state index contributed by atoms with van der Waals surface area (Å²) < 4.78 is 16.7. The summed E-state index contributed by atoms with van der Waals surface area (Å²) in [5, 5.41) is 19.3. The summed E-state index contributed by atoms with van der Waals surface area (Å²) in [5.41, 5.74) is 3.85. The van der Waals surface area contributed by atoms with Crippen molar-refractivity contribution in [3.63, 3.8) is 0 Å². The van der Waals surface area contributed by atoms with Gasteiger partial charge in [-0.05, 0) is 68.9 Å². The number of aryl methyl sites for hydroxylation is 1. The number of aromatic nitrogens is 5. The zero-order valence-electron chi connectivity index (χ0n) is 16.1. The Labute approximate surface area is 166 Å². The third kappa shape index (κ3) is 2.50. The Morgan fingerprint density at radius 2 is 1.90 bits per heavy atom. The SMILES string of the molecule is Cc1nc2ccc(C3CC3)nc2n2c(-c3cc(C4(O)CCC4)ccc3F)nnc12. The molecule has 0 spiro atoms. The Balaban J connectivity index is 1.63. The third-order valence-corrected chi connectivity index (χ3v) is 6.28. The third-order valence-electron chi connectivity index (χ3n) is 6.28. The maximum Gasteiger partial charge on any atom is 0.184 e. The van der Waals surface area contributed by atoms with Gasteiger partial charge in [0.15, 0.2) is 17.1 Å². The molecule has 3 aromatic heterocycles. The summed E-state index contributed by atoms with van der Waals surface area (Å²) >= 11 is 0. The van der Waals surface area contributed by atoms with Crippen molar-refractivity contribution < 1.29 is 9.50 Å². The van der Waals surface area contributed by atoms with Gasteiger partial charge in [-0.1, -0.05) is 6.07 Å². The topological polar surface area (TPSA) is 76.2 Å². The largest absolute Gasteiger partial charge is 0.385 e. The first kappa shape index (κ1) is 17.0. The van der Waals surface area contributed by atoms with E-state index in [1.165, 1.54) is 6.07 Å². The Morgan fingerprint density at radius 1 is 1.07 bits per heavy atom. The lowest BCUT2D eigenvalue weighted by Crippen LogP contribution is -2.33. The van der Waals surface area contributed by atoms with E-state index >= 15 is 0 Å². The van der Waals surface area contributed by atoms with Crippen LogP contribution in [0.3, 0.4) is 0 Å². The van der Waals surface area contributed by atoms with E-state index < -0.39 is 11.4 Å². The molecule has 3 heterocycles. The second-order valence-corrected chi connectivity index (χ2v) is 8.31. The molecular weight excluding hydrogens is 369 g/mol. The van der Waals surface area contributed by atoms with Gasteiger partial charge in [0, 0.05) is 11.6 Å². The number of halogens is 1. The summed E-state index contributed by atoms with van der Waals surface area (Å²) in [5.74, 6) is 0.480. The van der Waals surface area contributed by atoms with Gasteiger partial charge in [-0.15, -0.1) is 10.2 Å². The predicted molar refractivity (Wildman–Crippen MR) is 106 cm³/mol. The Hall–Kier alpha value is -2.93. The fourth-order valence-corrected chi connectivity index (χ4v) is 4.22. The molecule has 2 aliphatic carbocycles. The molecule has 0 aliphatic heterocycles. The first-order chi connectivity index (χ1) is 14.0. The first-order valence-electron chi connectivity index (χ1n) is 10.1. The highest BCUT2D eigenvalue weighted by Gasteiger charge is 2.37. The van der Waals surface area contributed by atoms with Crippen molar-refractivity contribution in [1.82, 2.24) is 24.6 Å². The van der Waals surface area contributed by atoms with Crippen molar-refractivity contribution in [2.24, 2.45) is 0 Å². The van der Waals surface area contributed by atoms with Crippen LogP contribution in [0.4, 0.5) is 4.39 Å². The first-order valence-corrected chi connectivity index (χ1v) is 10.1. The Morgan fingerprint density at radius 3 is 2.62 bits per heavy atom. The van der Waals surface area contributed by atoms with Crippen LogP contribution in [-0.2, 0) is 5.60 Å². The van der Waals surface area contributed by atoms with Crippen molar-refractivity contribution in [2.75, 3.05) is 0 Å². The standard InChI is InChI=1S/C22H20FN5O/c1-12-19-26-27-20(15-11-14(5-6-16(15)23)22(29)9-2-10-22)28(19)21-18(24-12)8-7-17(25-21)13-3-4-13/h5-8,11,13,29H,2-4,9-10H2,1H3. The molecule has 0 radical (unpaired) electrons. The molecule has 2 fully saturated rings. The van der Waals surface area contributed by atoms with Crippen molar-refractivity contribution in [3.05, 3.63) is 53.1 Å². The molecule has 1 aromatic carbocycles. The fourth-order valence-electron chi connectivity index (χ4n) is 4.22. The number of nitrogens with zero attached hydrogens (tertiary/aromatic N) is 5. The second-order valence-electron chi connectivity index (χ2n) is 8.31. The zero-order chi connectivity index (χ0) is 19.8. The van der Waals surface area contributed by atoms with E-state index in [9.17, 15) is 9.50 Å². The molecule has 2 aliphatic rings. The van der Waals surface area contributed by atoms with Crippen LogP contribution in [0.15, 0.2) is 30.3 Å². The average molecular weight is 389 g/mol. The normalized spacial score (nSPS) is 18.3. The summed E-state index contributed by atoms with van der Waals surface area (Å²) in [4.78, 5) is 9.46. The minimum atomic E-state index is -0.875. The number of pyridine rings is 1. The number of rotatable bonds is 3. The summed E-state index contributed by atoms with van der Waals surface area (Å²) in [7, 11) is 0. The van der Waals surface area contributed by atoms with Crippen molar-refractivity contribution >= 4 is 16.8 Å². The minimum Gasteiger partial charge on any atom is -0.385 e. The van der Waals surface area contributed by atoms with E-state index in [1.807, 2.05) is 19.1 Å². The lowest BCUT2D eigenvalue weighted by atomic mass is 9.75. The van der Waals surface area contributed by atoms with Gasteiger partial charge in [-0.25, -0.2) is 14.4 Å². The molecule has 0 bridgehead atoms. The highest BCUT2D eigenvalue weighted by atomic mass is 19.1. The quantitative estimate of drug-likeness (QED) is 0.572. The van der Waals surface area contributed by atoms with Gasteiger partial charge in [0.1, 0.15) is 11.3 Å². The summed E-state index contributed by atoms with van der Waals surface area (Å²) in [6.07, 6.45) is 4.64. The minimum absolute atomic E-state index is 0.320. The monoisotopic (exact) mass is 389 g/mol. The summed E-state index contributed by atoms with van der Waals surface area (Å²) in [6, 6.07) is 8.76. The number of hydrogen-bond acceptors (Lipinski definition) is 5. The number of benzene rings is 1. The fraction of sp³-hybridized carbons (Fsp3) is 0.364. The number of fused-ring (bicyclic) bond motifs is 3. The van der Waals surface area contributed by atoms with Gasteiger partial charge < -0.3 is 5.11 Å². The van der Waals surface area contributed by atoms with E-state index in [0.29, 0.717) is 47.1 Å². The van der Waals surface area contributed by atoms with Crippen molar-refractivity contribution in [1.29, 1.82) is 0 Å². The van der Waals surface area contributed by atoms with Crippen LogP contribution in [0.5, 0.6) is 0 Å². The van der Waals surface area contributed by atoms with Gasteiger partial charge in [0.25, 0.3) is 0 Å². The van der Waals surface area contributed by atoms with Crippen LogP contribution < -0.4 is 0 Å². The van der Waals surface area contributed by atoms with Gasteiger partial charge >= 0.3 is 0 Å². The molecule has 0 amide bonds. The maximum absolute atomic E-state index is 14.9. The lowest BCUT2D eigenvalue weighted by Gasteiger charge is -2.37. The van der Waals surface area contributed by atoms with Gasteiger partial charge in [-0.2, -0.15) is 0 Å². The van der Waals surface area contributed by atoms with Crippen LogP contribution in [0.2, 0.25) is 0 Å². The van der Waals surface area contributed by atoms with Crippen LogP contribution in [-0.4, -0.2) is 29.7 Å². The van der Waals surface area contributed by atoms with Gasteiger partial charge in [0.2, 0.25) is 0 Å². The molecule has 2 saturated carbocycles. The molecule has 1 N–H and O–H groups in total. The number of hydrogen-bond donors (Lipinski definition) is 1. The van der Waals surface area contributed by atoms with Crippen LogP contribution in [0.1, 0.15) is 55.0 Å². The second kappa shape index (κ2) is 5.79. The molecule has 7 heteroatoms. The lowest BCUT2D eigenvalue weighted by molar-refractivity contribution is -0.0387. The van der Waals surface area contributed by atoms with Crippen LogP contribution >= 0.6 is 0 Å². The average Bonchev–Trinajstić information content (AvgIpc) is 3.45.